The highest BCUT2D eigenvalue weighted by Gasteiger charge is 2.02. The van der Waals surface area contributed by atoms with Crippen molar-refractivity contribution >= 4 is 24.4 Å². The van der Waals surface area contributed by atoms with Crippen LogP contribution in [-0.4, -0.2) is 30.7 Å². The SMILES string of the molecule is CCCNC(=O)CNC(=O)CCS. The third-order valence-corrected chi connectivity index (χ3v) is 1.58. The number of hydrogen-bond donors (Lipinski definition) is 3. The van der Waals surface area contributed by atoms with E-state index in [1.165, 1.54) is 0 Å². The number of nitrogens with one attached hydrogen (secondary N) is 2. The summed E-state index contributed by atoms with van der Waals surface area (Å²) in [5, 5.41) is 5.15. The van der Waals surface area contributed by atoms with E-state index in [0.717, 1.165) is 6.42 Å². The highest BCUT2D eigenvalue weighted by molar-refractivity contribution is 7.80. The van der Waals surface area contributed by atoms with Crippen molar-refractivity contribution in [3.05, 3.63) is 0 Å². The standard InChI is InChI=1S/C8H16N2O2S/c1-2-4-9-8(12)6-10-7(11)3-5-13/h13H,2-6H2,1H3,(H,9,12)(H,10,11). The first-order valence-corrected chi connectivity index (χ1v) is 4.98. The number of hydrogen-bond acceptors (Lipinski definition) is 3. The molecule has 5 heteroatoms. The molecule has 0 spiro atoms. The first-order valence-electron chi connectivity index (χ1n) is 4.35. The first kappa shape index (κ1) is 12.3. The summed E-state index contributed by atoms with van der Waals surface area (Å²) in [7, 11) is 0. The molecule has 0 aromatic heterocycles. The summed E-state index contributed by atoms with van der Waals surface area (Å²) < 4.78 is 0. The lowest BCUT2D eigenvalue weighted by Gasteiger charge is -2.04. The molecule has 0 bridgehead atoms. The van der Waals surface area contributed by atoms with Gasteiger partial charge < -0.3 is 10.6 Å². The molecule has 2 N–H and O–H groups in total. The maximum absolute atomic E-state index is 11.0. The molecule has 0 unspecified atom stereocenters. The van der Waals surface area contributed by atoms with Crippen LogP contribution < -0.4 is 10.6 Å². The fourth-order valence-electron chi connectivity index (χ4n) is 0.696. The molecular formula is C8H16N2O2S. The zero-order chi connectivity index (χ0) is 10.1. The Bertz CT molecular complexity index is 174. The fraction of sp³-hybridized carbons (Fsp3) is 0.750. The quantitative estimate of drug-likeness (QED) is 0.531. The molecule has 0 aromatic rings. The molecule has 0 aromatic carbocycles. The van der Waals surface area contributed by atoms with E-state index in [0.29, 0.717) is 18.7 Å². The lowest BCUT2D eigenvalue weighted by atomic mass is 10.4. The van der Waals surface area contributed by atoms with E-state index in [-0.39, 0.29) is 18.4 Å². The largest absolute Gasteiger partial charge is 0.355 e. The lowest BCUT2D eigenvalue weighted by molar-refractivity contribution is -0.125. The van der Waals surface area contributed by atoms with Gasteiger partial charge in [0.15, 0.2) is 0 Å². The second-order valence-corrected chi connectivity index (χ2v) is 3.05. The Morgan fingerprint density at radius 1 is 1.23 bits per heavy atom. The van der Waals surface area contributed by atoms with Gasteiger partial charge in [-0.25, -0.2) is 0 Å². The predicted molar refractivity (Wildman–Crippen MR) is 54.8 cm³/mol. The molecule has 0 saturated carbocycles. The molecular weight excluding hydrogens is 188 g/mol. The number of thiol groups is 1. The van der Waals surface area contributed by atoms with Crippen molar-refractivity contribution < 1.29 is 9.59 Å². The van der Waals surface area contributed by atoms with Crippen molar-refractivity contribution in [1.82, 2.24) is 10.6 Å². The molecule has 4 nitrogen and oxygen atoms in total. The highest BCUT2D eigenvalue weighted by atomic mass is 32.1. The maximum atomic E-state index is 11.0. The third kappa shape index (κ3) is 7.64. The summed E-state index contributed by atoms with van der Waals surface area (Å²) in [4.78, 5) is 21.8. The van der Waals surface area contributed by atoms with E-state index >= 15 is 0 Å². The van der Waals surface area contributed by atoms with Gasteiger partial charge in [-0.3, -0.25) is 9.59 Å². The Morgan fingerprint density at radius 3 is 2.46 bits per heavy atom. The van der Waals surface area contributed by atoms with Crippen LogP contribution in [0.3, 0.4) is 0 Å². The lowest BCUT2D eigenvalue weighted by Crippen LogP contribution is -2.37. The molecule has 0 rings (SSSR count). The van der Waals surface area contributed by atoms with Crippen molar-refractivity contribution in [2.45, 2.75) is 19.8 Å². The predicted octanol–water partition coefficient (Wildman–Crippen LogP) is -0.0513. The Morgan fingerprint density at radius 2 is 1.92 bits per heavy atom. The first-order chi connectivity index (χ1) is 6.20. The number of carbonyl (C=O) groups excluding carboxylic acids is 2. The number of carbonyl (C=O) groups is 2. The summed E-state index contributed by atoms with van der Waals surface area (Å²) in [5.74, 6) is 0.221. The van der Waals surface area contributed by atoms with Crippen molar-refractivity contribution in [2.75, 3.05) is 18.8 Å². The minimum Gasteiger partial charge on any atom is -0.355 e. The Hall–Kier alpha value is -0.710. The molecule has 76 valence electrons. The number of amides is 2. The van der Waals surface area contributed by atoms with Gasteiger partial charge in [0.1, 0.15) is 0 Å². The molecule has 0 aliphatic carbocycles. The van der Waals surface area contributed by atoms with Crippen molar-refractivity contribution in [3.8, 4) is 0 Å². The van der Waals surface area contributed by atoms with Gasteiger partial charge in [-0.15, -0.1) is 0 Å². The van der Waals surface area contributed by atoms with Gasteiger partial charge in [0, 0.05) is 13.0 Å². The summed E-state index contributed by atoms with van der Waals surface area (Å²) in [6, 6.07) is 0. The van der Waals surface area contributed by atoms with Crippen LogP contribution in [0.15, 0.2) is 0 Å². The summed E-state index contributed by atoms with van der Waals surface area (Å²) in [6.45, 7) is 2.69. The van der Waals surface area contributed by atoms with Crippen LogP contribution in [0.4, 0.5) is 0 Å². The van der Waals surface area contributed by atoms with Gasteiger partial charge in [0.05, 0.1) is 6.54 Å². The minimum absolute atomic E-state index is 0.0621. The van der Waals surface area contributed by atoms with E-state index < -0.39 is 0 Å². The van der Waals surface area contributed by atoms with Gasteiger partial charge in [-0.05, 0) is 12.2 Å². The zero-order valence-corrected chi connectivity index (χ0v) is 8.69. The van der Waals surface area contributed by atoms with Crippen LogP contribution in [0.1, 0.15) is 19.8 Å². The second-order valence-electron chi connectivity index (χ2n) is 2.60. The van der Waals surface area contributed by atoms with Gasteiger partial charge in [0.25, 0.3) is 0 Å². The zero-order valence-electron chi connectivity index (χ0n) is 7.80. The molecule has 2 amide bonds. The highest BCUT2D eigenvalue weighted by Crippen LogP contribution is 1.82. The van der Waals surface area contributed by atoms with Crippen LogP contribution in [0, 0.1) is 0 Å². The monoisotopic (exact) mass is 204 g/mol. The average molecular weight is 204 g/mol. The molecule has 0 fully saturated rings. The molecule has 0 atom stereocenters. The topological polar surface area (TPSA) is 58.2 Å². The van der Waals surface area contributed by atoms with Crippen molar-refractivity contribution in [3.63, 3.8) is 0 Å². The van der Waals surface area contributed by atoms with Crippen LogP contribution in [0.5, 0.6) is 0 Å². The Labute approximate surface area is 83.9 Å². The van der Waals surface area contributed by atoms with Gasteiger partial charge in [0.2, 0.25) is 11.8 Å². The normalized spacial score (nSPS) is 9.38. The van der Waals surface area contributed by atoms with Crippen LogP contribution >= 0.6 is 12.6 Å². The van der Waals surface area contributed by atoms with Gasteiger partial charge >= 0.3 is 0 Å². The Balaban J connectivity index is 3.40. The smallest absolute Gasteiger partial charge is 0.239 e. The number of rotatable bonds is 6. The van der Waals surface area contributed by atoms with E-state index in [1.54, 1.807) is 0 Å². The molecule has 0 aliphatic rings. The molecule has 13 heavy (non-hydrogen) atoms. The molecule has 0 heterocycles. The summed E-state index contributed by atoms with van der Waals surface area (Å²) >= 11 is 3.90. The second kappa shape index (κ2) is 7.91. The van der Waals surface area contributed by atoms with Gasteiger partial charge in [-0.2, -0.15) is 12.6 Å². The van der Waals surface area contributed by atoms with Crippen LogP contribution in [0.25, 0.3) is 0 Å². The third-order valence-electron chi connectivity index (χ3n) is 1.36. The molecule has 0 radical (unpaired) electrons. The van der Waals surface area contributed by atoms with Crippen LogP contribution in [0.2, 0.25) is 0 Å². The summed E-state index contributed by atoms with van der Waals surface area (Å²) in [6.07, 6.45) is 1.25. The van der Waals surface area contributed by atoms with Gasteiger partial charge in [-0.1, -0.05) is 6.92 Å². The van der Waals surface area contributed by atoms with E-state index in [2.05, 4.69) is 23.3 Å². The van der Waals surface area contributed by atoms with E-state index in [1.807, 2.05) is 6.92 Å². The van der Waals surface area contributed by atoms with Crippen molar-refractivity contribution in [2.24, 2.45) is 0 Å². The van der Waals surface area contributed by atoms with Crippen molar-refractivity contribution in [1.29, 1.82) is 0 Å². The Kier molecular flexibility index (Phi) is 7.48. The fourth-order valence-corrected chi connectivity index (χ4v) is 0.899. The van der Waals surface area contributed by atoms with Crippen LogP contribution in [-0.2, 0) is 9.59 Å². The molecule has 0 aliphatic heterocycles. The average Bonchev–Trinajstić information content (AvgIpc) is 2.12. The maximum Gasteiger partial charge on any atom is 0.239 e. The van der Waals surface area contributed by atoms with E-state index in [9.17, 15) is 9.59 Å². The molecule has 0 saturated heterocycles. The van der Waals surface area contributed by atoms with E-state index in [4.69, 9.17) is 0 Å². The summed E-state index contributed by atoms with van der Waals surface area (Å²) in [5.41, 5.74) is 0. The minimum atomic E-state index is -0.144.